The van der Waals surface area contributed by atoms with Gasteiger partial charge in [0.05, 0.1) is 12.8 Å². The number of aromatic nitrogens is 5. The van der Waals surface area contributed by atoms with Crippen molar-refractivity contribution in [2.24, 2.45) is 0 Å². The molecule has 5 aromatic rings. The fraction of sp³-hybridized carbons (Fsp3) is 0.222. The number of thiophene rings is 1. The van der Waals surface area contributed by atoms with Crippen LogP contribution >= 0.6 is 11.3 Å². The molecule has 6 rings (SSSR count). The van der Waals surface area contributed by atoms with Crippen LogP contribution < -0.4 is 16.4 Å². The molecule has 10 heteroatoms. The van der Waals surface area contributed by atoms with Gasteiger partial charge in [0, 0.05) is 40.0 Å². The Balaban J connectivity index is 1.49. The summed E-state index contributed by atoms with van der Waals surface area (Å²) >= 11 is 1.54. The molecule has 1 aliphatic carbocycles. The Morgan fingerprint density at radius 3 is 2.84 bits per heavy atom. The van der Waals surface area contributed by atoms with E-state index in [9.17, 15) is 14.7 Å². The Morgan fingerprint density at radius 1 is 1.16 bits per heavy atom. The number of hydrogen-bond donors (Lipinski definition) is 3. The summed E-state index contributed by atoms with van der Waals surface area (Å²) in [6.07, 6.45) is 10.8. The van der Waals surface area contributed by atoms with Gasteiger partial charge in [0.15, 0.2) is 5.82 Å². The third-order valence-electron chi connectivity index (χ3n) is 6.73. The average molecular weight is 513 g/mol. The number of nitrogens with one attached hydrogen (secondary N) is 2. The Bertz CT molecular complexity index is 1760. The summed E-state index contributed by atoms with van der Waals surface area (Å²) in [6.45, 7) is 1.50. The minimum absolute atomic E-state index is 0.243. The Kier molecular flexibility index (Phi) is 5.90. The first kappa shape index (κ1) is 23.3. The van der Waals surface area contributed by atoms with E-state index >= 15 is 0 Å². The average Bonchev–Trinajstić information content (AvgIpc) is 3.31. The zero-order chi connectivity index (χ0) is 25.5. The van der Waals surface area contributed by atoms with Crippen LogP contribution in [-0.2, 0) is 19.4 Å². The number of aromatic amines is 1. The van der Waals surface area contributed by atoms with Gasteiger partial charge in [0.1, 0.15) is 16.2 Å². The van der Waals surface area contributed by atoms with Crippen molar-refractivity contribution in [2.75, 3.05) is 5.32 Å². The molecule has 0 spiro atoms. The zero-order valence-corrected chi connectivity index (χ0v) is 20.9. The molecular formula is C27H24N6O3S. The highest BCUT2D eigenvalue weighted by Crippen LogP contribution is 2.35. The number of anilines is 2. The van der Waals surface area contributed by atoms with Crippen LogP contribution in [0.5, 0.6) is 0 Å². The lowest BCUT2D eigenvalue weighted by Crippen LogP contribution is -2.23. The van der Waals surface area contributed by atoms with E-state index < -0.39 is 0 Å². The van der Waals surface area contributed by atoms with E-state index in [4.69, 9.17) is 0 Å². The molecule has 0 bridgehead atoms. The van der Waals surface area contributed by atoms with Gasteiger partial charge >= 0.3 is 0 Å². The van der Waals surface area contributed by atoms with Crippen molar-refractivity contribution < 1.29 is 5.11 Å². The normalized spacial score (nSPS) is 13.0. The first-order chi connectivity index (χ1) is 18.0. The summed E-state index contributed by atoms with van der Waals surface area (Å²) in [6, 6.07) is 7.07. The zero-order valence-electron chi connectivity index (χ0n) is 20.1. The summed E-state index contributed by atoms with van der Waals surface area (Å²) in [4.78, 5) is 38.9. The molecule has 0 fully saturated rings. The molecule has 0 atom stereocenters. The molecular weight excluding hydrogens is 488 g/mol. The first-order valence-corrected chi connectivity index (χ1v) is 12.9. The number of aryl methyl sites for hydroxylation is 3. The molecule has 37 heavy (non-hydrogen) atoms. The number of nitrogens with zero attached hydrogens (tertiary/aromatic N) is 4. The second-order valence-corrected chi connectivity index (χ2v) is 10.2. The second kappa shape index (κ2) is 9.38. The third kappa shape index (κ3) is 4.04. The number of aliphatic hydroxyl groups excluding tert-OH is 1. The predicted octanol–water partition coefficient (Wildman–Crippen LogP) is 4.02. The van der Waals surface area contributed by atoms with Crippen LogP contribution in [-0.4, -0.2) is 29.8 Å². The highest BCUT2D eigenvalue weighted by Gasteiger charge is 2.22. The molecule has 5 heterocycles. The van der Waals surface area contributed by atoms with Gasteiger partial charge in [-0.2, -0.15) is 9.78 Å². The van der Waals surface area contributed by atoms with Crippen molar-refractivity contribution in [1.82, 2.24) is 24.7 Å². The Morgan fingerprint density at radius 2 is 2.03 bits per heavy atom. The van der Waals surface area contributed by atoms with Gasteiger partial charge in [0.2, 0.25) is 0 Å². The van der Waals surface area contributed by atoms with E-state index in [-0.39, 0.29) is 23.5 Å². The van der Waals surface area contributed by atoms with Crippen molar-refractivity contribution in [1.29, 1.82) is 0 Å². The van der Waals surface area contributed by atoms with E-state index in [1.807, 2.05) is 13.0 Å². The minimum atomic E-state index is -0.366. The van der Waals surface area contributed by atoms with Crippen LogP contribution in [0.25, 0.3) is 27.0 Å². The van der Waals surface area contributed by atoms with Gasteiger partial charge in [-0.15, -0.1) is 11.3 Å². The highest BCUT2D eigenvalue weighted by atomic mass is 32.1. The van der Waals surface area contributed by atoms with Gasteiger partial charge in [-0.3, -0.25) is 9.59 Å². The summed E-state index contributed by atoms with van der Waals surface area (Å²) < 4.78 is 1.94. The quantitative estimate of drug-likeness (QED) is 0.325. The van der Waals surface area contributed by atoms with E-state index in [0.29, 0.717) is 32.9 Å². The Hall–Kier alpha value is -4.15. The van der Waals surface area contributed by atoms with Crippen LogP contribution in [0.2, 0.25) is 0 Å². The van der Waals surface area contributed by atoms with Gasteiger partial charge in [-0.25, -0.2) is 9.97 Å². The van der Waals surface area contributed by atoms with Gasteiger partial charge in [-0.05, 0) is 67.5 Å². The van der Waals surface area contributed by atoms with Gasteiger partial charge < -0.3 is 15.4 Å². The fourth-order valence-corrected chi connectivity index (χ4v) is 6.27. The van der Waals surface area contributed by atoms with E-state index in [1.54, 1.807) is 43.0 Å². The second-order valence-electron chi connectivity index (χ2n) is 9.06. The Labute approximate surface area is 215 Å². The maximum atomic E-state index is 13.6. The van der Waals surface area contributed by atoms with Gasteiger partial charge in [-0.1, -0.05) is 6.07 Å². The van der Waals surface area contributed by atoms with Crippen molar-refractivity contribution in [3.8, 4) is 16.9 Å². The molecule has 5 aromatic heterocycles. The van der Waals surface area contributed by atoms with E-state index in [2.05, 4.69) is 25.4 Å². The van der Waals surface area contributed by atoms with E-state index in [0.717, 1.165) is 36.6 Å². The van der Waals surface area contributed by atoms with Crippen molar-refractivity contribution in [3.05, 3.63) is 91.3 Å². The van der Waals surface area contributed by atoms with Crippen molar-refractivity contribution >= 4 is 32.9 Å². The fourth-order valence-electron chi connectivity index (χ4n) is 4.98. The van der Waals surface area contributed by atoms with Gasteiger partial charge in [0.25, 0.3) is 11.1 Å². The lowest BCUT2D eigenvalue weighted by Gasteiger charge is -2.16. The van der Waals surface area contributed by atoms with Crippen LogP contribution in [0.3, 0.4) is 0 Å². The number of pyridine rings is 3. The SMILES string of the molecule is Cc1cnc(-n2ncc3c4c(sc3c2=O)CCCC4)c(CO)c1-c1c[nH]c(=O)c(Nc2ccccn2)c1. The number of aliphatic hydroxyl groups is 1. The predicted molar refractivity (Wildman–Crippen MR) is 144 cm³/mol. The molecule has 9 nitrogen and oxygen atoms in total. The molecule has 0 saturated carbocycles. The maximum Gasteiger partial charge on any atom is 0.290 e. The first-order valence-electron chi connectivity index (χ1n) is 12.1. The summed E-state index contributed by atoms with van der Waals surface area (Å²) in [5, 5.41) is 18.9. The highest BCUT2D eigenvalue weighted by molar-refractivity contribution is 7.19. The van der Waals surface area contributed by atoms with Crippen LogP contribution in [0, 0.1) is 6.92 Å². The number of rotatable bonds is 5. The summed E-state index contributed by atoms with van der Waals surface area (Å²) in [7, 11) is 0. The summed E-state index contributed by atoms with van der Waals surface area (Å²) in [5.74, 6) is 0.800. The van der Waals surface area contributed by atoms with Crippen molar-refractivity contribution in [2.45, 2.75) is 39.2 Å². The number of hydrogen-bond acceptors (Lipinski definition) is 8. The number of H-pyrrole nitrogens is 1. The smallest absolute Gasteiger partial charge is 0.290 e. The van der Waals surface area contributed by atoms with Crippen LogP contribution in [0.4, 0.5) is 11.5 Å². The summed E-state index contributed by atoms with van der Waals surface area (Å²) in [5.41, 5.74) is 3.55. The number of fused-ring (bicyclic) bond motifs is 3. The molecule has 1 aliphatic rings. The topological polar surface area (TPSA) is 126 Å². The molecule has 0 amide bonds. The van der Waals surface area contributed by atoms with Crippen LogP contribution in [0.15, 0.2) is 58.6 Å². The molecule has 3 N–H and O–H groups in total. The van der Waals surface area contributed by atoms with Crippen LogP contribution in [0.1, 0.15) is 34.4 Å². The maximum absolute atomic E-state index is 13.6. The molecule has 0 saturated heterocycles. The minimum Gasteiger partial charge on any atom is -0.392 e. The lowest BCUT2D eigenvalue weighted by molar-refractivity contribution is 0.281. The molecule has 0 aromatic carbocycles. The van der Waals surface area contributed by atoms with E-state index in [1.165, 1.54) is 26.5 Å². The molecule has 0 radical (unpaired) electrons. The van der Waals surface area contributed by atoms with Crippen molar-refractivity contribution in [3.63, 3.8) is 0 Å². The lowest BCUT2D eigenvalue weighted by atomic mass is 9.97. The third-order valence-corrected chi connectivity index (χ3v) is 8.02. The molecule has 0 aliphatic heterocycles. The standard InChI is InChI=1S/C27H24N6O3S/c1-15-11-29-25(33-27(36)24-18(13-31-33)17-6-2-3-7-21(17)37-24)19(14-34)23(15)16-10-20(26(35)30-12-16)32-22-8-4-5-9-28-22/h4-5,8-13,34H,2-3,6-7,14H2,1H3,(H,28,32)(H,30,35). The monoisotopic (exact) mass is 512 g/mol. The molecule has 0 unspecified atom stereocenters. The molecule has 186 valence electrons. The largest absolute Gasteiger partial charge is 0.392 e.